The standard InChI is InChI=1S/C31H24ClN3O7S2/c1-2-41-30(39)16-8-11-18(12-9-16)33-22(36)15-42-21-13-10-17(32)14-20(21)23-24-26(43-27-25(23)44-31(40)34-27)29(38)35(28(24)37)19-6-4-3-5-7-19/h3-14,23-24,26H,2,15H2,1H3,(H,33,36)(H,34,40)/t23-,24-,26+/m0/s1. The van der Waals surface area contributed by atoms with Crippen LogP contribution in [0.5, 0.6) is 5.75 Å². The Labute approximate surface area is 264 Å². The average molecular weight is 650 g/mol. The molecule has 0 saturated carbocycles. The van der Waals surface area contributed by atoms with Crippen molar-refractivity contribution in [2.45, 2.75) is 23.1 Å². The fourth-order valence-electron chi connectivity index (χ4n) is 5.32. The lowest BCUT2D eigenvalue weighted by atomic mass is 9.82. The molecule has 3 atom stereocenters. The van der Waals surface area contributed by atoms with E-state index < -0.39 is 34.9 Å². The van der Waals surface area contributed by atoms with Crippen molar-refractivity contribution in [1.29, 1.82) is 0 Å². The van der Waals surface area contributed by atoms with E-state index in [1.54, 1.807) is 79.7 Å². The highest BCUT2D eigenvalue weighted by atomic mass is 35.5. The van der Waals surface area contributed by atoms with Crippen LogP contribution in [0.4, 0.5) is 11.4 Å². The van der Waals surface area contributed by atoms with Crippen molar-refractivity contribution in [3.63, 3.8) is 0 Å². The number of benzene rings is 3. The molecule has 3 heterocycles. The number of esters is 1. The van der Waals surface area contributed by atoms with Crippen LogP contribution in [0, 0.1) is 5.92 Å². The van der Waals surface area contributed by atoms with E-state index in [1.807, 2.05) is 0 Å². The Morgan fingerprint density at radius 1 is 1.00 bits per heavy atom. The summed E-state index contributed by atoms with van der Waals surface area (Å²) in [7, 11) is 0. The Balaban J connectivity index is 1.28. The number of anilines is 2. The smallest absolute Gasteiger partial charge is 0.338 e. The molecule has 0 radical (unpaired) electrons. The fourth-order valence-corrected chi connectivity index (χ4v) is 8.01. The van der Waals surface area contributed by atoms with Crippen LogP contribution in [-0.4, -0.2) is 47.1 Å². The van der Waals surface area contributed by atoms with Crippen LogP contribution in [0.1, 0.15) is 33.6 Å². The summed E-state index contributed by atoms with van der Waals surface area (Å²) in [6.45, 7) is 1.58. The Bertz CT molecular complexity index is 1820. The second kappa shape index (κ2) is 12.3. The van der Waals surface area contributed by atoms with Crippen molar-refractivity contribution in [2.75, 3.05) is 23.4 Å². The Kier molecular flexibility index (Phi) is 8.30. The number of aromatic nitrogens is 1. The molecule has 3 amide bonds. The van der Waals surface area contributed by atoms with E-state index in [0.717, 1.165) is 11.3 Å². The molecule has 3 aromatic carbocycles. The molecule has 10 nitrogen and oxygen atoms in total. The number of aromatic amines is 1. The summed E-state index contributed by atoms with van der Waals surface area (Å²) >= 11 is 8.56. The number of ether oxygens (including phenoxy) is 2. The summed E-state index contributed by atoms with van der Waals surface area (Å²) in [6, 6.07) is 19.8. The van der Waals surface area contributed by atoms with E-state index in [2.05, 4.69) is 10.3 Å². The zero-order chi connectivity index (χ0) is 31.0. The van der Waals surface area contributed by atoms with Crippen LogP contribution < -0.4 is 19.8 Å². The number of amides is 3. The zero-order valence-corrected chi connectivity index (χ0v) is 25.5. The van der Waals surface area contributed by atoms with Gasteiger partial charge in [0.15, 0.2) is 6.61 Å². The SMILES string of the molecule is CCOC(=O)c1ccc(NC(=O)COc2ccc(Cl)cc2[C@@H]2c3sc(=O)[nH]c3S[C@H]3C(=O)N(c4ccccc4)C(=O)[C@@H]23)cc1. The number of carbonyl (C=O) groups is 4. The molecule has 1 aromatic heterocycles. The highest BCUT2D eigenvalue weighted by molar-refractivity contribution is 8.00. The number of rotatable bonds is 8. The summed E-state index contributed by atoms with van der Waals surface area (Å²) in [6.07, 6.45) is 0. The molecule has 13 heteroatoms. The highest BCUT2D eigenvalue weighted by Crippen LogP contribution is 2.54. The summed E-state index contributed by atoms with van der Waals surface area (Å²) in [5.74, 6) is -3.01. The van der Waals surface area contributed by atoms with Gasteiger partial charge in [-0.1, -0.05) is 52.9 Å². The molecule has 6 rings (SSSR count). The lowest BCUT2D eigenvalue weighted by Crippen LogP contribution is -2.32. The van der Waals surface area contributed by atoms with Crippen LogP contribution in [0.3, 0.4) is 0 Å². The first-order chi connectivity index (χ1) is 21.2. The van der Waals surface area contributed by atoms with E-state index in [1.165, 1.54) is 16.7 Å². The molecule has 224 valence electrons. The molecule has 44 heavy (non-hydrogen) atoms. The Hall–Kier alpha value is -4.39. The van der Waals surface area contributed by atoms with E-state index in [4.69, 9.17) is 21.1 Å². The first-order valence-corrected chi connectivity index (χ1v) is 15.6. The minimum atomic E-state index is -0.848. The van der Waals surface area contributed by atoms with Crippen LogP contribution in [-0.2, 0) is 19.1 Å². The first kappa shape index (κ1) is 29.7. The van der Waals surface area contributed by atoms with Gasteiger partial charge in [-0.25, -0.2) is 9.69 Å². The number of nitrogens with one attached hydrogen (secondary N) is 2. The summed E-state index contributed by atoms with van der Waals surface area (Å²) in [4.78, 5) is 69.1. The number of halogens is 1. The average Bonchev–Trinajstić information content (AvgIpc) is 3.51. The number of nitrogens with zero attached hydrogens (tertiary/aromatic N) is 1. The molecular formula is C31H24ClN3O7S2. The van der Waals surface area contributed by atoms with Gasteiger partial charge in [-0.2, -0.15) is 0 Å². The van der Waals surface area contributed by atoms with Gasteiger partial charge in [-0.3, -0.25) is 19.2 Å². The largest absolute Gasteiger partial charge is 0.483 e. The molecule has 1 saturated heterocycles. The van der Waals surface area contributed by atoms with Gasteiger partial charge in [0.25, 0.3) is 5.91 Å². The van der Waals surface area contributed by atoms with Crippen LogP contribution in [0.25, 0.3) is 0 Å². The number of thioether (sulfide) groups is 1. The molecule has 2 aliphatic rings. The minimum Gasteiger partial charge on any atom is -0.483 e. The predicted molar refractivity (Wildman–Crippen MR) is 167 cm³/mol. The van der Waals surface area contributed by atoms with Gasteiger partial charge in [0.05, 0.1) is 28.8 Å². The molecule has 1 fully saturated rings. The third-order valence-electron chi connectivity index (χ3n) is 7.18. The molecule has 0 aliphatic carbocycles. The second-order valence-corrected chi connectivity index (χ2v) is 12.5. The Morgan fingerprint density at radius 3 is 2.48 bits per heavy atom. The number of imide groups is 1. The molecule has 2 N–H and O–H groups in total. The van der Waals surface area contributed by atoms with Gasteiger partial charge >= 0.3 is 10.8 Å². The van der Waals surface area contributed by atoms with Crippen LogP contribution in [0.2, 0.25) is 5.02 Å². The van der Waals surface area contributed by atoms with Gasteiger partial charge in [0, 0.05) is 27.1 Å². The van der Waals surface area contributed by atoms with Crippen molar-refractivity contribution < 1.29 is 28.7 Å². The molecule has 0 spiro atoms. The maximum absolute atomic E-state index is 14.0. The summed E-state index contributed by atoms with van der Waals surface area (Å²) in [5, 5.41) is 2.79. The number of fused-ring (bicyclic) bond motifs is 2. The summed E-state index contributed by atoms with van der Waals surface area (Å²) < 4.78 is 11.0. The number of H-pyrrole nitrogens is 1. The van der Waals surface area contributed by atoms with Gasteiger partial charge in [-0.05, 0) is 61.5 Å². The number of carbonyl (C=O) groups excluding carboxylic acids is 4. The molecule has 0 bridgehead atoms. The maximum Gasteiger partial charge on any atom is 0.338 e. The third-order valence-corrected chi connectivity index (χ3v) is 9.82. The van der Waals surface area contributed by atoms with Crippen molar-refractivity contribution in [1.82, 2.24) is 4.98 Å². The predicted octanol–water partition coefficient (Wildman–Crippen LogP) is 5.08. The van der Waals surface area contributed by atoms with Crippen molar-refractivity contribution in [3.05, 3.63) is 103 Å². The maximum atomic E-state index is 14.0. The van der Waals surface area contributed by atoms with E-state index >= 15 is 0 Å². The van der Waals surface area contributed by atoms with Crippen molar-refractivity contribution in [3.8, 4) is 5.75 Å². The number of para-hydroxylation sites is 1. The zero-order valence-electron chi connectivity index (χ0n) is 23.1. The highest BCUT2D eigenvalue weighted by Gasteiger charge is 2.56. The molecular weight excluding hydrogens is 626 g/mol. The van der Waals surface area contributed by atoms with Crippen molar-refractivity contribution >= 4 is 69.8 Å². The van der Waals surface area contributed by atoms with E-state index in [0.29, 0.717) is 37.4 Å². The number of hydrogen-bond donors (Lipinski definition) is 2. The number of thiazole rings is 1. The Morgan fingerprint density at radius 2 is 1.75 bits per heavy atom. The second-order valence-electron chi connectivity index (χ2n) is 9.91. The molecule has 2 aliphatic heterocycles. The van der Waals surface area contributed by atoms with Gasteiger partial charge in [0.2, 0.25) is 11.8 Å². The first-order valence-electron chi connectivity index (χ1n) is 13.6. The topological polar surface area (TPSA) is 135 Å². The van der Waals surface area contributed by atoms with Crippen LogP contribution >= 0.6 is 34.7 Å². The molecule has 4 aromatic rings. The minimum absolute atomic E-state index is 0.252. The fraction of sp³-hybridized carbons (Fsp3) is 0.194. The normalized spacial score (nSPS) is 18.9. The van der Waals surface area contributed by atoms with Gasteiger partial charge in [-0.15, -0.1) is 0 Å². The number of hydrogen-bond acceptors (Lipinski definition) is 9. The quantitative estimate of drug-likeness (QED) is 0.199. The lowest BCUT2D eigenvalue weighted by Gasteiger charge is -2.31. The lowest BCUT2D eigenvalue weighted by molar-refractivity contribution is -0.122. The molecule has 0 unspecified atom stereocenters. The van der Waals surface area contributed by atoms with Crippen molar-refractivity contribution in [2.24, 2.45) is 5.92 Å². The monoisotopic (exact) mass is 649 g/mol. The van der Waals surface area contributed by atoms with Crippen LogP contribution in [0.15, 0.2) is 82.6 Å². The summed E-state index contributed by atoms with van der Waals surface area (Å²) in [5.41, 5.74) is 1.75. The van der Waals surface area contributed by atoms with Gasteiger partial charge < -0.3 is 19.8 Å². The van der Waals surface area contributed by atoms with Gasteiger partial charge in [0.1, 0.15) is 11.0 Å². The van der Waals surface area contributed by atoms with E-state index in [-0.39, 0.29) is 29.7 Å². The van der Waals surface area contributed by atoms with E-state index in [9.17, 15) is 24.0 Å². The third kappa shape index (κ3) is 5.63.